The Morgan fingerprint density at radius 2 is 2.00 bits per heavy atom. The minimum absolute atomic E-state index is 0.440. The van der Waals surface area contributed by atoms with Crippen molar-refractivity contribution < 1.29 is 4.74 Å². The fourth-order valence-corrected chi connectivity index (χ4v) is 2.05. The molecule has 0 aliphatic carbocycles. The van der Waals surface area contributed by atoms with Gasteiger partial charge >= 0.3 is 0 Å². The number of rotatable bonds is 9. The summed E-state index contributed by atoms with van der Waals surface area (Å²) in [6, 6.07) is 6.38. The molecule has 1 atom stereocenters. The van der Waals surface area contributed by atoms with E-state index in [1.54, 1.807) is 0 Å². The molecule has 0 saturated heterocycles. The van der Waals surface area contributed by atoms with Crippen LogP contribution in [0.3, 0.4) is 0 Å². The largest absolute Gasteiger partial charge is 0.491 e. The van der Waals surface area contributed by atoms with Crippen LogP contribution in [0.5, 0.6) is 5.75 Å². The van der Waals surface area contributed by atoms with Crippen molar-refractivity contribution in [1.82, 2.24) is 0 Å². The van der Waals surface area contributed by atoms with E-state index in [-0.39, 0.29) is 0 Å². The van der Waals surface area contributed by atoms with Gasteiger partial charge in [0.1, 0.15) is 5.75 Å². The number of nitrogens with one attached hydrogen (secondary N) is 1. The number of unbranched alkanes of at least 4 members (excludes halogenated alkanes) is 2. The van der Waals surface area contributed by atoms with E-state index in [1.165, 1.54) is 25.7 Å². The van der Waals surface area contributed by atoms with E-state index in [2.05, 4.69) is 26.1 Å². The van der Waals surface area contributed by atoms with E-state index in [4.69, 9.17) is 10.5 Å². The Morgan fingerprint density at radius 1 is 1.21 bits per heavy atom. The van der Waals surface area contributed by atoms with Gasteiger partial charge in [-0.1, -0.05) is 39.2 Å². The summed E-state index contributed by atoms with van der Waals surface area (Å²) in [7, 11) is 0. The second kappa shape index (κ2) is 8.68. The van der Waals surface area contributed by atoms with Gasteiger partial charge in [-0.15, -0.1) is 0 Å². The topological polar surface area (TPSA) is 47.3 Å². The Labute approximate surface area is 117 Å². The van der Waals surface area contributed by atoms with Gasteiger partial charge in [-0.05, 0) is 31.9 Å². The molecule has 0 aromatic heterocycles. The number of anilines is 2. The fraction of sp³-hybridized carbons (Fsp3) is 0.625. The first-order valence-corrected chi connectivity index (χ1v) is 7.46. The molecule has 3 heteroatoms. The van der Waals surface area contributed by atoms with Crippen LogP contribution in [0, 0.1) is 0 Å². The van der Waals surface area contributed by atoms with Gasteiger partial charge in [0.2, 0.25) is 0 Å². The number of nitrogen functional groups attached to an aromatic ring is 1. The van der Waals surface area contributed by atoms with E-state index in [0.717, 1.165) is 23.5 Å². The minimum atomic E-state index is 0.440. The van der Waals surface area contributed by atoms with Crippen LogP contribution < -0.4 is 15.8 Å². The third-order valence-corrected chi connectivity index (χ3v) is 3.17. The van der Waals surface area contributed by atoms with Crippen molar-refractivity contribution in [2.24, 2.45) is 0 Å². The van der Waals surface area contributed by atoms with Crippen LogP contribution in [0.25, 0.3) is 0 Å². The molecular formula is C16H28N2O. The first kappa shape index (κ1) is 15.7. The highest BCUT2D eigenvalue weighted by atomic mass is 16.5. The van der Waals surface area contributed by atoms with E-state index in [1.807, 2.05) is 18.2 Å². The molecule has 1 aromatic carbocycles. The summed E-state index contributed by atoms with van der Waals surface area (Å²) in [5.74, 6) is 0.785. The third-order valence-electron chi connectivity index (χ3n) is 3.17. The molecule has 3 N–H and O–H groups in total. The smallest absolute Gasteiger partial charge is 0.144 e. The van der Waals surface area contributed by atoms with Gasteiger partial charge in [0, 0.05) is 6.04 Å². The third kappa shape index (κ3) is 5.41. The van der Waals surface area contributed by atoms with Gasteiger partial charge in [-0.2, -0.15) is 0 Å². The molecule has 1 aromatic rings. The van der Waals surface area contributed by atoms with Gasteiger partial charge in [0.05, 0.1) is 18.0 Å². The first-order valence-electron chi connectivity index (χ1n) is 7.46. The number of para-hydroxylation sites is 1. The molecule has 0 radical (unpaired) electrons. The molecule has 0 bridgehead atoms. The maximum absolute atomic E-state index is 6.14. The van der Waals surface area contributed by atoms with Crippen LogP contribution in [0.15, 0.2) is 18.2 Å². The molecule has 1 rings (SSSR count). The molecular weight excluding hydrogens is 236 g/mol. The highest BCUT2D eigenvalue weighted by Crippen LogP contribution is 2.30. The van der Waals surface area contributed by atoms with Crippen LogP contribution in [0.2, 0.25) is 0 Å². The molecule has 0 saturated carbocycles. The molecule has 0 aliphatic heterocycles. The van der Waals surface area contributed by atoms with Crippen LogP contribution >= 0.6 is 0 Å². The Hall–Kier alpha value is -1.38. The maximum Gasteiger partial charge on any atom is 0.144 e. The summed E-state index contributed by atoms with van der Waals surface area (Å²) >= 11 is 0. The molecule has 19 heavy (non-hydrogen) atoms. The fourth-order valence-electron chi connectivity index (χ4n) is 2.05. The predicted octanol–water partition coefficient (Wildman–Crippen LogP) is 4.44. The van der Waals surface area contributed by atoms with Crippen molar-refractivity contribution in [3.8, 4) is 5.75 Å². The lowest BCUT2D eigenvalue weighted by atomic mass is 10.1. The summed E-state index contributed by atoms with van der Waals surface area (Å²) in [5.41, 5.74) is 7.84. The van der Waals surface area contributed by atoms with Crippen LogP contribution in [-0.4, -0.2) is 12.6 Å². The van der Waals surface area contributed by atoms with Gasteiger partial charge in [0.15, 0.2) is 0 Å². The number of nitrogens with two attached hydrogens (primary N) is 1. The van der Waals surface area contributed by atoms with E-state index < -0.39 is 0 Å². The molecule has 108 valence electrons. The standard InChI is InChI=1S/C16H28N2O/c1-4-6-7-9-13(3)18-14-10-8-11-15(16(14)17)19-12-5-2/h8,10-11,13,18H,4-7,9,12,17H2,1-3H3. The normalized spacial score (nSPS) is 12.2. The lowest BCUT2D eigenvalue weighted by Crippen LogP contribution is -2.16. The molecule has 0 aliphatic rings. The lowest BCUT2D eigenvalue weighted by molar-refractivity contribution is 0.319. The summed E-state index contributed by atoms with van der Waals surface area (Å²) in [4.78, 5) is 0. The molecule has 0 spiro atoms. The average Bonchev–Trinajstić information content (AvgIpc) is 2.40. The summed E-state index contributed by atoms with van der Waals surface area (Å²) in [6.45, 7) is 7.23. The second-order valence-electron chi connectivity index (χ2n) is 5.11. The minimum Gasteiger partial charge on any atom is -0.491 e. The van der Waals surface area contributed by atoms with Crippen molar-refractivity contribution in [3.05, 3.63) is 18.2 Å². The highest BCUT2D eigenvalue weighted by Gasteiger charge is 2.08. The Morgan fingerprint density at radius 3 is 2.68 bits per heavy atom. The zero-order chi connectivity index (χ0) is 14.1. The zero-order valence-electron chi connectivity index (χ0n) is 12.5. The number of hydrogen-bond acceptors (Lipinski definition) is 3. The van der Waals surface area contributed by atoms with Crippen LogP contribution in [-0.2, 0) is 0 Å². The number of ether oxygens (including phenoxy) is 1. The van der Waals surface area contributed by atoms with E-state index in [9.17, 15) is 0 Å². The zero-order valence-corrected chi connectivity index (χ0v) is 12.5. The van der Waals surface area contributed by atoms with Gasteiger partial charge in [-0.3, -0.25) is 0 Å². The number of hydrogen-bond donors (Lipinski definition) is 2. The van der Waals surface area contributed by atoms with Crippen molar-refractivity contribution in [2.75, 3.05) is 17.7 Å². The average molecular weight is 264 g/mol. The van der Waals surface area contributed by atoms with Crippen LogP contribution in [0.4, 0.5) is 11.4 Å². The quantitative estimate of drug-likeness (QED) is 0.512. The molecule has 1 unspecified atom stereocenters. The predicted molar refractivity (Wildman–Crippen MR) is 83.9 cm³/mol. The van der Waals surface area contributed by atoms with E-state index in [0.29, 0.717) is 12.6 Å². The van der Waals surface area contributed by atoms with Gasteiger partial charge in [-0.25, -0.2) is 0 Å². The molecule has 0 fully saturated rings. The monoisotopic (exact) mass is 264 g/mol. The van der Waals surface area contributed by atoms with Gasteiger partial charge in [0.25, 0.3) is 0 Å². The number of benzene rings is 1. The summed E-state index contributed by atoms with van der Waals surface area (Å²) in [5, 5.41) is 3.48. The Balaban J connectivity index is 2.57. The lowest BCUT2D eigenvalue weighted by Gasteiger charge is -2.18. The van der Waals surface area contributed by atoms with Crippen molar-refractivity contribution in [2.45, 2.75) is 58.9 Å². The molecule has 0 heterocycles. The van der Waals surface area contributed by atoms with Crippen molar-refractivity contribution in [1.29, 1.82) is 0 Å². The molecule has 0 amide bonds. The van der Waals surface area contributed by atoms with Crippen molar-refractivity contribution in [3.63, 3.8) is 0 Å². The SMILES string of the molecule is CCCCCC(C)Nc1cccc(OCCC)c1N. The maximum atomic E-state index is 6.14. The van der Waals surface area contributed by atoms with Gasteiger partial charge < -0.3 is 15.8 Å². The van der Waals surface area contributed by atoms with E-state index >= 15 is 0 Å². The summed E-state index contributed by atoms with van der Waals surface area (Å²) < 4.78 is 5.64. The van der Waals surface area contributed by atoms with Crippen LogP contribution in [0.1, 0.15) is 52.9 Å². The first-order chi connectivity index (χ1) is 9.19. The summed E-state index contributed by atoms with van der Waals surface area (Å²) in [6.07, 6.45) is 5.98. The highest BCUT2D eigenvalue weighted by molar-refractivity contribution is 5.73. The Kier molecular flexibility index (Phi) is 7.16. The second-order valence-corrected chi connectivity index (χ2v) is 5.11. The molecule has 3 nitrogen and oxygen atoms in total. The van der Waals surface area contributed by atoms with Crippen molar-refractivity contribution >= 4 is 11.4 Å². The Bertz CT molecular complexity index is 366.